The zero-order chi connectivity index (χ0) is 22.9. The van der Waals surface area contributed by atoms with Crippen LogP contribution in [0, 0.1) is 5.82 Å². The fourth-order valence-corrected chi connectivity index (χ4v) is 2.70. The van der Waals surface area contributed by atoms with Crippen molar-refractivity contribution in [1.29, 1.82) is 0 Å². The van der Waals surface area contributed by atoms with E-state index in [1.54, 1.807) is 0 Å². The van der Waals surface area contributed by atoms with Crippen LogP contribution in [0.2, 0.25) is 10.0 Å². The number of carboxylic acid groups (broad SMARTS) is 1. The first-order chi connectivity index (χ1) is 13.8. The maximum atomic E-state index is 14.1. The molecule has 0 aromatic heterocycles. The fourth-order valence-electron chi connectivity index (χ4n) is 2.27. The minimum Gasteiger partial charge on any atom is -0.478 e. The summed E-state index contributed by atoms with van der Waals surface area (Å²) < 4.78 is 57.8. The van der Waals surface area contributed by atoms with Gasteiger partial charge in [-0.2, -0.15) is 13.2 Å². The lowest BCUT2D eigenvalue weighted by molar-refractivity contribution is -0.152. The number of carboxylic acids is 1. The molecule has 0 radical (unpaired) electrons. The molecule has 0 heterocycles. The van der Waals surface area contributed by atoms with Crippen molar-refractivity contribution in [2.75, 3.05) is 0 Å². The first-order valence-electron chi connectivity index (χ1n) is 8.24. The van der Waals surface area contributed by atoms with Crippen molar-refractivity contribution in [1.82, 2.24) is 0 Å². The molecule has 0 bridgehead atoms. The van der Waals surface area contributed by atoms with Gasteiger partial charge in [0.05, 0.1) is 16.1 Å². The van der Waals surface area contributed by atoms with E-state index in [-0.39, 0.29) is 21.4 Å². The van der Waals surface area contributed by atoms with E-state index < -0.39 is 40.5 Å². The minimum atomic E-state index is -4.94. The Labute approximate surface area is 178 Å². The summed E-state index contributed by atoms with van der Waals surface area (Å²) in [6, 6.07) is 5.05. The maximum absolute atomic E-state index is 14.1. The smallest absolute Gasteiger partial charge is 0.419 e. The van der Waals surface area contributed by atoms with E-state index in [9.17, 15) is 27.2 Å². The third-order valence-corrected chi connectivity index (χ3v) is 4.82. The molecule has 1 N–H and O–H groups in total. The number of hydrogen-bond acceptors (Lipinski definition) is 3. The number of benzene rings is 2. The van der Waals surface area contributed by atoms with Gasteiger partial charge in [0.1, 0.15) is 16.6 Å². The second-order valence-corrected chi connectivity index (χ2v) is 7.32. The highest BCUT2D eigenvalue weighted by Crippen LogP contribution is 2.37. The van der Waals surface area contributed by atoms with Crippen molar-refractivity contribution < 1.29 is 37.0 Å². The van der Waals surface area contributed by atoms with E-state index in [1.807, 2.05) is 0 Å². The molecule has 30 heavy (non-hydrogen) atoms. The molecule has 0 saturated carbocycles. The van der Waals surface area contributed by atoms with Gasteiger partial charge in [-0.05, 0) is 55.8 Å². The largest absolute Gasteiger partial charge is 0.478 e. The van der Waals surface area contributed by atoms with E-state index in [0.29, 0.717) is 6.07 Å². The molecule has 0 amide bonds. The van der Waals surface area contributed by atoms with Crippen LogP contribution in [0.15, 0.2) is 36.4 Å². The minimum absolute atomic E-state index is 0.0264. The Balaban J connectivity index is 2.32. The van der Waals surface area contributed by atoms with Crippen LogP contribution in [0.25, 0.3) is 6.08 Å². The number of rotatable bonds is 6. The number of ether oxygens (including phenoxy) is 1. The average Bonchev–Trinajstić information content (AvgIpc) is 2.63. The highest BCUT2D eigenvalue weighted by atomic mass is 35.5. The van der Waals surface area contributed by atoms with E-state index in [0.717, 1.165) is 24.3 Å². The van der Waals surface area contributed by atoms with Crippen molar-refractivity contribution in [3.8, 4) is 5.75 Å². The molecular weight excluding hydrogens is 451 g/mol. The zero-order valence-corrected chi connectivity index (χ0v) is 17.0. The summed E-state index contributed by atoms with van der Waals surface area (Å²) in [6.07, 6.45) is -2.96. The van der Waals surface area contributed by atoms with Crippen LogP contribution in [0.5, 0.6) is 5.75 Å². The summed E-state index contributed by atoms with van der Waals surface area (Å²) >= 11 is 12.2. The third kappa shape index (κ3) is 5.12. The molecule has 2 aromatic rings. The average molecular weight is 465 g/mol. The number of hydrogen-bond donors (Lipinski definition) is 1. The molecule has 160 valence electrons. The lowest BCUT2D eigenvalue weighted by Gasteiger charge is -2.22. The fraction of sp³-hybridized carbons (Fsp3) is 0.200. The zero-order valence-electron chi connectivity index (χ0n) is 15.5. The Morgan fingerprint density at radius 2 is 1.70 bits per heavy atom. The summed E-state index contributed by atoms with van der Waals surface area (Å²) in [4.78, 5) is 23.3. The van der Waals surface area contributed by atoms with E-state index >= 15 is 0 Å². The Morgan fingerprint density at radius 1 is 1.07 bits per heavy atom. The predicted molar refractivity (Wildman–Crippen MR) is 104 cm³/mol. The normalized spacial score (nSPS) is 12.3. The Kier molecular flexibility index (Phi) is 6.83. The number of alkyl halides is 3. The van der Waals surface area contributed by atoms with Gasteiger partial charge in [-0.1, -0.05) is 29.3 Å². The van der Waals surface area contributed by atoms with Gasteiger partial charge in [0, 0.05) is 0 Å². The SMILES string of the molecule is CC(C)(Oc1ccc(C=CC(=O)c2cccc(C(F)(F)F)c2F)c(Cl)c1Cl)C(=O)O. The van der Waals surface area contributed by atoms with Crippen molar-refractivity contribution >= 4 is 41.0 Å². The Bertz CT molecular complexity index is 1030. The molecule has 4 nitrogen and oxygen atoms in total. The monoisotopic (exact) mass is 464 g/mol. The molecule has 0 atom stereocenters. The van der Waals surface area contributed by atoms with Gasteiger partial charge >= 0.3 is 12.1 Å². The second kappa shape index (κ2) is 8.65. The van der Waals surface area contributed by atoms with Crippen LogP contribution in [0.1, 0.15) is 35.3 Å². The standard InChI is InChI=1S/C20H14Cl2F4O4/c1-19(2,18(28)29)30-14-9-7-10(15(21)16(14)22)6-8-13(27)11-4-3-5-12(17(11)23)20(24,25)26/h3-9H,1-2H3,(H,28,29). The second-order valence-electron chi connectivity index (χ2n) is 6.56. The molecule has 2 aromatic carbocycles. The number of allylic oxidation sites excluding steroid dienone is 1. The molecule has 0 aliphatic carbocycles. The Hall–Kier alpha value is -2.58. The number of ketones is 1. The number of carbonyl (C=O) groups excluding carboxylic acids is 1. The van der Waals surface area contributed by atoms with Crippen molar-refractivity contribution in [3.63, 3.8) is 0 Å². The van der Waals surface area contributed by atoms with Crippen LogP contribution < -0.4 is 4.74 Å². The summed E-state index contributed by atoms with van der Waals surface area (Å²) in [5.74, 6) is -3.96. The van der Waals surface area contributed by atoms with Crippen molar-refractivity contribution in [2.24, 2.45) is 0 Å². The molecule has 0 spiro atoms. The van der Waals surface area contributed by atoms with E-state index in [1.165, 1.54) is 26.0 Å². The molecule has 0 aliphatic rings. The lowest BCUT2D eigenvalue weighted by atomic mass is 10.0. The Morgan fingerprint density at radius 3 is 2.27 bits per heavy atom. The molecule has 0 unspecified atom stereocenters. The van der Waals surface area contributed by atoms with Crippen molar-refractivity contribution in [2.45, 2.75) is 25.6 Å². The quantitative estimate of drug-likeness (QED) is 0.310. The van der Waals surface area contributed by atoms with Gasteiger partial charge in [0.2, 0.25) is 0 Å². The van der Waals surface area contributed by atoms with Crippen LogP contribution >= 0.6 is 23.2 Å². The van der Waals surface area contributed by atoms with Gasteiger partial charge in [-0.25, -0.2) is 9.18 Å². The van der Waals surface area contributed by atoms with Gasteiger partial charge < -0.3 is 9.84 Å². The molecule has 0 aliphatic heterocycles. The van der Waals surface area contributed by atoms with Crippen LogP contribution in [-0.4, -0.2) is 22.5 Å². The van der Waals surface area contributed by atoms with Crippen LogP contribution in [0.4, 0.5) is 17.6 Å². The number of aliphatic carboxylic acids is 1. The molecular formula is C20H14Cl2F4O4. The van der Waals surface area contributed by atoms with Gasteiger partial charge in [0.15, 0.2) is 11.4 Å². The van der Waals surface area contributed by atoms with Gasteiger partial charge in [0.25, 0.3) is 0 Å². The highest BCUT2D eigenvalue weighted by Gasteiger charge is 2.35. The molecule has 0 fully saturated rings. The first kappa shape index (κ1) is 23.7. The molecule has 10 heteroatoms. The summed E-state index contributed by atoms with van der Waals surface area (Å²) in [5, 5.41) is 8.89. The molecule has 2 rings (SSSR count). The number of carbonyl (C=O) groups is 2. The number of halogens is 6. The van der Waals surface area contributed by atoms with Crippen LogP contribution in [0.3, 0.4) is 0 Å². The molecule has 0 saturated heterocycles. The van der Waals surface area contributed by atoms with E-state index in [2.05, 4.69) is 0 Å². The van der Waals surface area contributed by atoms with Gasteiger partial charge in [-0.15, -0.1) is 0 Å². The third-order valence-electron chi connectivity index (χ3n) is 3.94. The summed E-state index contributed by atoms with van der Waals surface area (Å²) in [7, 11) is 0. The lowest BCUT2D eigenvalue weighted by Crippen LogP contribution is -2.37. The topological polar surface area (TPSA) is 63.6 Å². The maximum Gasteiger partial charge on any atom is 0.419 e. The van der Waals surface area contributed by atoms with E-state index in [4.69, 9.17) is 33.0 Å². The predicted octanol–water partition coefficient (Wildman–Crippen LogP) is 6.29. The van der Waals surface area contributed by atoms with Crippen LogP contribution in [-0.2, 0) is 11.0 Å². The summed E-state index contributed by atoms with van der Waals surface area (Å²) in [6.45, 7) is 2.60. The summed E-state index contributed by atoms with van der Waals surface area (Å²) in [5.41, 5.74) is -3.72. The highest BCUT2D eigenvalue weighted by molar-refractivity contribution is 6.43. The van der Waals surface area contributed by atoms with Crippen molar-refractivity contribution in [3.05, 3.63) is 69.0 Å². The van der Waals surface area contributed by atoms with Gasteiger partial charge in [-0.3, -0.25) is 4.79 Å². The first-order valence-corrected chi connectivity index (χ1v) is 9.00.